The van der Waals surface area contributed by atoms with E-state index in [0.29, 0.717) is 33.3 Å². The molecule has 6 heteroatoms. The number of hydrogen-bond donors (Lipinski definition) is 1. The third kappa shape index (κ3) is 3.28. The SMILES string of the molecule is COc1ccc(-c2cc(-c3ccc(Cl)cc3)c(C#N)c(N)n2)c(OC)c1. The molecule has 0 bridgehead atoms. The molecule has 0 saturated heterocycles. The number of benzene rings is 2. The number of hydrogen-bond acceptors (Lipinski definition) is 5. The predicted molar refractivity (Wildman–Crippen MR) is 102 cm³/mol. The minimum atomic E-state index is 0.160. The standard InChI is InChI=1S/C20H16ClN3O2/c1-25-14-7-8-15(19(9-14)26-2)18-10-16(17(11-22)20(23)24-18)12-3-5-13(21)6-4-12/h3-10H,1-2H3,(H2,23,24). The Morgan fingerprint density at radius 3 is 2.35 bits per heavy atom. The lowest BCUT2D eigenvalue weighted by molar-refractivity contribution is 0.395. The van der Waals surface area contributed by atoms with Gasteiger partial charge < -0.3 is 15.2 Å². The molecule has 26 heavy (non-hydrogen) atoms. The summed E-state index contributed by atoms with van der Waals surface area (Å²) in [5.74, 6) is 1.43. The molecule has 0 aliphatic rings. The number of nitriles is 1. The number of anilines is 1. The molecule has 3 aromatic rings. The van der Waals surface area contributed by atoms with Gasteiger partial charge in [0.05, 0.1) is 19.9 Å². The number of aromatic nitrogens is 1. The van der Waals surface area contributed by atoms with Crippen LogP contribution in [0.4, 0.5) is 5.82 Å². The van der Waals surface area contributed by atoms with Crippen molar-refractivity contribution in [2.75, 3.05) is 20.0 Å². The topological polar surface area (TPSA) is 81.2 Å². The average molecular weight is 366 g/mol. The third-order valence-electron chi connectivity index (χ3n) is 4.00. The van der Waals surface area contributed by atoms with E-state index >= 15 is 0 Å². The van der Waals surface area contributed by atoms with Crippen LogP contribution in [0.15, 0.2) is 48.5 Å². The van der Waals surface area contributed by atoms with Crippen LogP contribution in [0.1, 0.15) is 5.56 Å². The summed E-state index contributed by atoms with van der Waals surface area (Å²) in [7, 11) is 3.16. The number of rotatable bonds is 4. The van der Waals surface area contributed by atoms with Gasteiger partial charge in [0, 0.05) is 22.2 Å². The largest absolute Gasteiger partial charge is 0.497 e. The van der Waals surface area contributed by atoms with E-state index in [9.17, 15) is 5.26 Å². The van der Waals surface area contributed by atoms with E-state index in [1.54, 1.807) is 32.4 Å². The summed E-state index contributed by atoms with van der Waals surface area (Å²) in [5, 5.41) is 10.1. The van der Waals surface area contributed by atoms with Crippen LogP contribution in [-0.4, -0.2) is 19.2 Å². The van der Waals surface area contributed by atoms with E-state index in [1.807, 2.05) is 30.3 Å². The first kappa shape index (κ1) is 17.6. The number of nitrogens with zero attached hydrogens (tertiary/aromatic N) is 2. The Morgan fingerprint density at radius 2 is 1.73 bits per heavy atom. The molecule has 0 unspecified atom stereocenters. The molecule has 5 nitrogen and oxygen atoms in total. The molecule has 1 heterocycles. The monoisotopic (exact) mass is 365 g/mol. The number of nitrogens with two attached hydrogens (primary N) is 1. The maximum Gasteiger partial charge on any atom is 0.142 e. The van der Waals surface area contributed by atoms with Crippen molar-refractivity contribution in [1.82, 2.24) is 4.98 Å². The number of halogens is 1. The van der Waals surface area contributed by atoms with Crippen molar-refractivity contribution in [3.05, 3.63) is 59.1 Å². The zero-order chi connectivity index (χ0) is 18.7. The highest BCUT2D eigenvalue weighted by atomic mass is 35.5. The van der Waals surface area contributed by atoms with E-state index in [0.717, 1.165) is 11.1 Å². The zero-order valence-corrected chi connectivity index (χ0v) is 15.0. The molecule has 3 rings (SSSR count). The molecule has 2 N–H and O–H groups in total. The highest BCUT2D eigenvalue weighted by Gasteiger charge is 2.16. The lowest BCUT2D eigenvalue weighted by Gasteiger charge is -2.13. The normalized spacial score (nSPS) is 10.2. The number of pyridine rings is 1. The molecule has 0 radical (unpaired) electrons. The molecule has 130 valence electrons. The van der Waals surface area contributed by atoms with E-state index in [2.05, 4.69) is 11.1 Å². The first-order valence-electron chi connectivity index (χ1n) is 7.76. The molecule has 0 atom stereocenters. The highest BCUT2D eigenvalue weighted by molar-refractivity contribution is 6.30. The van der Waals surface area contributed by atoms with Crippen molar-refractivity contribution >= 4 is 17.4 Å². The van der Waals surface area contributed by atoms with E-state index < -0.39 is 0 Å². The van der Waals surface area contributed by atoms with Gasteiger partial charge >= 0.3 is 0 Å². The van der Waals surface area contributed by atoms with Crippen molar-refractivity contribution in [2.24, 2.45) is 0 Å². The Bertz CT molecular complexity index is 995. The van der Waals surface area contributed by atoms with Crippen LogP contribution in [-0.2, 0) is 0 Å². The van der Waals surface area contributed by atoms with Gasteiger partial charge in [-0.2, -0.15) is 5.26 Å². The summed E-state index contributed by atoms with van der Waals surface area (Å²) < 4.78 is 10.7. The fourth-order valence-electron chi connectivity index (χ4n) is 2.69. The summed E-state index contributed by atoms with van der Waals surface area (Å²) in [5.41, 5.74) is 9.25. The fourth-order valence-corrected chi connectivity index (χ4v) is 2.81. The van der Waals surface area contributed by atoms with E-state index in [-0.39, 0.29) is 5.82 Å². The summed E-state index contributed by atoms with van der Waals surface area (Å²) >= 11 is 5.97. The first-order valence-corrected chi connectivity index (χ1v) is 8.14. The van der Waals surface area contributed by atoms with E-state index in [1.165, 1.54) is 0 Å². The molecule has 0 spiro atoms. The zero-order valence-electron chi connectivity index (χ0n) is 14.3. The van der Waals surface area contributed by atoms with Gasteiger partial charge in [0.25, 0.3) is 0 Å². The molecule has 0 amide bonds. The van der Waals surface area contributed by atoms with Gasteiger partial charge in [0.1, 0.15) is 28.9 Å². The van der Waals surface area contributed by atoms with Gasteiger partial charge in [-0.05, 0) is 35.9 Å². The molecule has 0 aliphatic heterocycles. The summed E-state index contributed by atoms with van der Waals surface area (Å²) in [6.07, 6.45) is 0. The predicted octanol–water partition coefficient (Wildman–Crippen LogP) is 4.54. The Kier molecular flexibility index (Phi) is 4.97. The molecule has 1 aromatic heterocycles. The second kappa shape index (κ2) is 7.34. The Labute approximate surface area is 156 Å². The molecule has 0 aliphatic carbocycles. The quantitative estimate of drug-likeness (QED) is 0.734. The summed E-state index contributed by atoms with van der Waals surface area (Å²) in [6.45, 7) is 0. The Hall–Kier alpha value is -3.23. The average Bonchev–Trinajstić information content (AvgIpc) is 2.67. The minimum Gasteiger partial charge on any atom is -0.497 e. The lowest BCUT2D eigenvalue weighted by atomic mass is 9.98. The van der Waals surface area contributed by atoms with Gasteiger partial charge in [-0.25, -0.2) is 4.98 Å². The van der Waals surface area contributed by atoms with E-state index in [4.69, 9.17) is 26.8 Å². The van der Waals surface area contributed by atoms with Crippen LogP contribution in [0.2, 0.25) is 5.02 Å². The van der Waals surface area contributed by atoms with Gasteiger partial charge in [-0.1, -0.05) is 23.7 Å². The highest BCUT2D eigenvalue weighted by Crippen LogP contribution is 2.36. The van der Waals surface area contributed by atoms with Crippen LogP contribution in [0, 0.1) is 11.3 Å². The molecule has 0 fully saturated rings. The number of methoxy groups -OCH3 is 2. The van der Waals surface area contributed by atoms with Crippen LogP contribution < -0.4 is 15.2 Å². The maximum atomic E-state index is 9.51. The molecular formula is C20H16ClN3O2. The maximum absolute atomic E-state index is 9.51. The van der Waals surface area contributed by atoms with Crippen LogP contribution >= 0.6 is 11.6 Å². The second-order valence-electron chi connectivity index (χ2n) is 5.50. The number of nitrogen functional groups attached to an aromatic ring is 1. The third-order valence-corrected chi connectivity index (χ3v) is 4.25. The fraction of sp³-hybridized carbons (Fsp3) is 0.100. The first-order chi connectivity index (χ1) is 12.6. The van der Waals surface area contributed by atoms with Crippen molar-refractivity contribution in [2.45, 2.75) is 0 Å². The van der Waals surface area contributed by atoms with Gasteiger partial charge in [0.15, 0.2) is 0 Å². The molecule has 2 aromatic carbocycles. The van der Waals surface area contributed by atoms with Crippen molar-refractivity contribution in [1.29, 1.82) is 5.26 Å². The van der Waals surface area contributed by atoms with Gasteiger partial charge in [-0.3, -0.25) is 0 Å². The van der Waals surface area contributed by atoms with Gasteiger partial charge in [-0.15, -0.1) is 0 Å². The minimum absolute atomic E-state index is 0.160. The van der Waals surface area contributed by atoms with Crippen molar-refractivity contribution in [3.8, 4) is 40.0 Å². The lowest BCUT2D eigenvalue weighted by Crippen LogP contribution is -2.00. The molecule has 0 saturated carbocycles. The van der Waals surface area contributed by atoms with Crippen molar-refractivity contribution < 1.29 is 9.47 Å². The number of ether oxygens (including phenoxy) is 2. The summed E-state index contributed by atoms with van der Waals surface area (Å²) in [6, 6.07) is 16.6. The Balaban J connectivity index is 2.22. The summed E-state index contributed by atoms with van der Waals surface area (Å²) in [4.78, 5) is 4.39. The van der Waals surface area contributed by atoms with Crippen molar-refractivity contribution in [3.63, 3.8) is 0 Å². The molecular weight excluding hydrogens is 350 g/mol. The Morgan fingerprint density at radius 1 is 1.00 bits per heavy atom. The van der Waals surface area contributed by atoms with Crippen LogP contribution in [0.25, 0.3) is 22.4 Å². The smallest absolute Gasteiger partial charge is 0.142 e. The van der Waals surface area contributed by atoms with Crippen LogP contribution in [0.3, 0.4) is 0 Å². The second-order valence-corrected chi connectivity index (χ2v) is 5.94. The van der Waals surface area contributed by atoms with Gasteiger partial charge in [0.2, 0.25) is 0 Å². The van der Waals surface area contributed by atoms with Crippen LogP contribution in [0.5, 0.6) is 11.5 Å².